The lowest BCUT2D eigenvalue weighted by atomic mass is 10.0. The van der Waals surface area contributed by atoms with E-state index in [0.29, 0.717) is 25.8 Å². The lowest BCUT2D eigenvalue weighted by Gasteiger charge is -2.33. The molecule has 23 heavy (non-hydrogen) atoms. The fourth-order valence-corrected chi connectivity index (χ4v) is 3.44. The van der Waals surface area contributed by atoms with Gasteiger partial charge in [0.1, 0.15) is 6.04 Å². The van der Waals surface area contributed by atoms with E-state index in [2.05, 4.69) is 24.0 Å². The van der Waals surface area contributed by atoms with E-state index >= 15 is 0 Å². The predicted molar refractivity (Wildman–Crippen MR) is 88.3 cm³/mol. The first-order valence-corrected chi connectivity index (χ1v) is 8.16. The molecule has 2 N–H and O–H groups in total. The molecule has 0 spiro atoms. The summed E-state index contributed by atoms with van der Waals surface area (Å²) in [6.07, 6.45) is 5.27. The molecule has 2 aromatic rings. The molecule has 1 fully saturated rings. The standard InChI is InChI=1S/C18H22N2O3/c1-12-5-4-6-14-13(11-19-17(12)14)8-9-16(21)20-10-3-2-7-15(20)18(22)23/h4-6,11,15,19H,2-3,7-10H2,1H3,(H,22,23). The number of nitrogens with zero attached hydrogens (tertiary/aromatic N) is 1. The number of carbonyl (C=O) groups excluding carboxylic acids is 1. The van der Waals surface area contributed by atoms with Crippen molar-refractivity contribution in [3.8, 4) is 0 Å². The van der Waals surface area contributed by atoms with E-state index in [1.54, 1.807) is 4.90 Å². The number of amides is 1. The summed E-state index contributed by atoms with van der Waals surface area (Å²) in [6, 6.07) is 5.47. The number of aliphatic carboxylic acids is 1. The number of rotatable bonds is 4. The maximum atomic E-state index is 12.5. The summed E-state index contributed by atoms with van der Waals surface area (Å²) in [5.74, 6) is -0.945. The summed E-state index contributed by atoms with van der Waals surface area (Å²) >= 11 is 0. The second kappa shape index (κ2) is 6.44. The number of hydrogen-bond acceptors (Lipinski definition) is 2. The number of fused-ring (bicyclic) bond motifs is 1. The highest BCUT2D eigenvalue weighted by Gasteiger charge is 2.31. The molecule has 1 unspecified atom stereocenters. The van der Waals surface area contributed by atoms with Crippen LogP contribution in [0.2, 0.25) is 0 Å². The Bertz CT molecular complexity index is 735. The number of aryl methyl sites for hydroxylation is 2. The molecule has 0 radical (unpaired) electrons. The minimum absolute atomic E-state index is 0.0564. The van der Waals surface area contributed by atoms with Crippen molar-refractivity contribution in [3.05, 3.63) is 35.5 Å². The number of benzene rings is 1. The molecular weight excluding hydrogens is 292 g/mol. The molecule has 122 valence electrons. The zero-order valence-electron chi connectivity index (χ0n) is 13.3. The summed E-state index contributed by atoms with van der Waals surface area (Å²) in [6.45, 7) is 2.61. The van der Waals surface area contributed by atoms with E-state index < -0.39 is 12.0 Å². The van der Waals surface area contributed by atoms with Crippen molar-refractivity contribution in [2.45, 2.75) is 45.1 Å². The van der Waals surface area contributed by atoms with Crippen LogP contribution in [0.1, 0.15) is 36.8 Å². The van der Waals surface area contributed by atoms with Crippen LogP contribution in [0.5, 0.6) is 0 Å². The molecule has 1 aromatic carbocycles. The number of H-pyrrole nitrogens is 1. The molecule has 1 saturated heterocycles. The normalized spacial score (nSPS) is 18.3. The SMILES string of the molecule is Cc1cccc2c(CCC(=O)N3CCCCC3C(=O)O)c[nH]c12. The molecule has 5 heteroatoms. The minimum Gasteiger partial charge on any atom is -0.480 e. The Kier molecular flexibility index (Phi) is 4.37. The molecule has 2 heterocycles. The first-order valence-electron chi connectivity index (χ1n) is 8.16. The second-order valence-corrected chi connectivity index (χ2v) is 6.25. The lowest BCUT2D eigenvalue weighted by molar-refractivity contribution is -0.152. The number of carboxylic acids is 1. The predicted octanol–water partition coefficient (Wildman–Crippen LogP) is 2.87. The smallest absolute Gasteiger partial charge is 0.326 e. The third-order valence-electron chi connectivity index (χ3n) is 4.73. The van der Waals surface area contributed by atoms with E-state index in [0.717, 1.165) is 29.3 Å². The molecular formula is C18H22N2O3. The van der Waals surface area contributed by atoms with Crippen LogP contribution in [0.25, 0.3) is 10.9 Å². The number of para-hydroxylation sites is 1. The molecule has 1 aliphatic rings. The van der Waals surface area contributed by atoms with Crippen LogP contribution < -0.4 is 0 Å². The third kappa shape index (κ3) is 3.09. The Balaban J connectivity index is 1.70. The first-order chi connectivity index (χ1) is 11.1. The number of aromatic nitrogens is 1. The van der Waals surface area contributed by atoms with E-state index in [9.17, 15) is 14.7 Å². The van der Waals surface area contributed by atoms with Crippen molar-refractivity contribution >= 4 is 22.8 Å². The highest BCUT2D eigenvalue weighted by atomic mass is 16.4. The van der Waals surface area contributed by atoms with E-state index in [4.69, 9.17) is 0 Å². The quantitative estimate of drug-likeness (QED) is 0.911. The van der Waals surface area contributed by atoms with Gasteiger partial charge in [0.15, 0.2) is 0 Å². The number of nitrogens with one attached hydrogen (secondary N) is 1. The highest BCUT2D eigenvalue weighted by Crippen LogP contribution is 2.23. The zero-order chi connectivity index (χ0) is 16.4. The van der Waals surface area contributed by atoms with E-state index in [1.807, 2.05) is 12.3 Å². The average Bonchev–Trinajstić information content (AvgIpc) is 2.97. The number of carbonyl (C=O) groups is 2. The largest absolute Gasteiger partial charge is 0.480 e. The van der Waals surface area contributed by atoms with E-state index in [-0.39, 0.29) is 5.91 Å². The van der Waals surface area contributed by atoms with Gasteiger partial charge >= 0.3 is 5.97 Å². The van der Waals surface area contributed by atoms with Gasteiger partial charge in [-0.25, -0.2) is 4.79 Å². The molecule has 1 amide bonds. The fraction of sp³-hybridized carbons (Fsp3) is 0.444. The van der Waals surface area contributed by atoms with Crippen LogP contribution in [0, 0.1) is 6.92 Å². The van der Waals surface area contributed by atoms with Crippen molar-refractivity contribution in [3.63, 3.8) is 0 Å². The van der Waals surface area contributed by atoms with Gasteiger partial charge in [0.05, 0.1) is 0 Å². The van der Waals surface area contributed by atoms with Gasteiger partial charge in [-0.1, -0.05) is 18.2 Å². The number of aromatic amines is 1. The first kappa shape index (κ1) is 15.6. The Morgan fingerprint density at radius 2 is 2.17 bits per heavy atom. The summed E-state index contributed by atoms with van der Waals surface area (Å²) in [5.41, 5.74) is 3.40. The molecule has 5 nitrogen and oxygen atoms in total. The zero-order valence-corrected chi connectivity index (χ0v) is 13.3. The summed E-state index contributed by atoms with van der Waals surface area (Å²) in [4.78, 5) is 28.6. The van der Waals surface area contributed by atoms with Crippen LogP contribution in [-0.2, 0) is 16.0 Å². The van der Waals surface area contributed by atoms with Gasteiger partial charge in [-0.2, -0.15) is 0 Å². The number of hydrogen-bond donors (Lipinski definition) is 2. The Morgan fingerprint density at radius 3 is 2.96 bits per heavy atom. The molecule has 1 atom stereocenters. The van der Waals surface area contributed by atoms with Gasteiger partial charge in [-0.15, -0.1) is 0 Å². The van der Waals surface area contributed by atoms with Gasteiger partial charge in [0.2, 0.25) is 5.91 Å². The molecule has 1 aromatic heterocycles. The lowest BCUT2D eigenvalue weighted by Crippen LogP contribution is -2.48. The van der Waals surface area contributed by atoms with Crippen molar-refractivity contribution in [1.29, 1.82) is 0 Å². The van der Waals surface area contributed by atoms with Crippen LogP contribution in [-0.4, -0.2) is 39.5 Å². The van der Waals surface area contributed by atoms with Crippen molar-refractivity contribution < 1.29 is 14.7 Å². The van der Waals surface area contributed by atoms with Gasteiger partial charge in [0.25, 0.3) is 0 Å². The topological polar surface area (TPSA) is 73.4 Å². The van der Waals surface area contributed by atoms with Gasteiger partial charge in [0, 0.05) is 30.1 Å². The number of likely N-dealkylation sites (tertiary alicyclic amines) is 1. The molecule has 3 rings (SSSR count). The molecule has 0 aliphatic carbocycles. The Labute approximate surface area is 135 Å². The molecule has 0 saturated carbocycles. The third-order valence-corrected chi connectivity index (χ3v) is 4.73. The van der Waals surface area contributed by atoms with Crippen LogP contribution in [0.4, 0.5) is 0 Å². The van der Waals surface area contributed by atoms with Gasteiger partial charge in [-0.05, 0) is 43.7 Å². The molecule has 1 aliphatic heterocycles. The second-order valence-electron chi connectivity index (χ2n) is 6.25. The van der Waals surface area contributed by atoms with Crippen molar-refractivity contribution in [2.24, 2.45) is 0 Å². The summed E-state index contributed by atoms with van der Waals surface area (Å²) < 4.78 is 0. The maximum absolute atomic E-state index is 12.5. The maximum Gasteiger partial charge on any atom is 0.326 e. The highest BCUT2D eigenvalue weighted by molar-refractivity contribution is 5.87. The Morgan fingerprint density at radius 1 is 1.35 bits per heavy atom. The number of carboxylic acid groups (broad SMARTS) is 1. The minimum atomic E-state index is -0.888. The van der Waals surface area contributed by atoms with Crippen LogP contribution >= 0.6 is 0 Å². The van der Waals surface area contributed by atoms with Crippen LogP contribution in [0.15, 0.2) is 24.4 Å². The fourth-order valence-electron chi connectivity index (χ4n) is 3.44. The average molecular weight is 314 g/mol. The van der Waals surface area contributed by atoms with Gasteiger partial charge in [-0.3, -0.25) is 4.79 Å². The van der Waals surface area contributed by atoms with Gasteiger partial charge < -0.3 is 15.0 Å². The van der Waals surface area contributed by atoms with Crippen molar-refractivity contribution in [2.75, 3.05) is 6.54 Å². The van der Waals surface area contributed by atoms with Crippen LogP contribution in [0.3, 0.4) is 0 Å². The molecule has 0 bridgehead atoms. The monoisotopic (exact) mass is 314 g/mol. The van der Waals surface area contributed by atoms with Crippen molar-refractivity contribution in [1.82, 2.24) is 9.88 Å². The summed E-state index contributed by atoms with van der Waals surface area (Å²) in [7, 11) is 0. The van der Waals surface area contributed by atoms with E-state index in [1.165, 1.54) is 5.56 Å². The number of piperidine rings is 1. The Hall–Kier alpha value is -2.30. The summed E-state index contributed by atoms with van der Waals surface area (Å²) in [5, 5.41) is 10.4.